The Morgan fingerprint density at radius 1 is 1.09 bits per heavy atom. The summed E-state index contributed by atoms with van der Waals surface area (Å²) in [5.41, 5.74) is 0. The Morgan fingerprint density at radius 3 is 2.41 bits per heavy atom. The van der Waals surface area contributed by atoms with Gasteiger partial charge in [-0.1, -0.05) is 6.92 Å². The predicted molar refractivity (Wildman–Crippen MR) is 121 cm³/mol. The molecule has 0 aromatic heterocycles. The lowest BCUT2D eigenvalue weighted by molar-refractivity contribution is -0.138. The van der Waals surface area contributed by atoms with E-state index in [4.69, 9.17) is 4.74 Å². The third-order valence-corrected chi connectivity index (χ3v) is 7.93. The number of hydrogen-bond donors (Lipinski definition) is 1. The van der Waals surface area contributed by atoms with E-state index in [1.807, 2.05) is 11.8 Å². The molecule has 178 valence electrons. The number of rotatable bonds is 8. The molecule has 3 rings (SSSR count). The van der Waals surface area contributed by atoms with Crippen molar-refractivity contribution in [2.45, 2.75) is 31.1 Å². The van der Waals surface area contributed by atoms with Gasteiger partial charge in [0.2, 0.25) is 21.8 Å². The summed E-state index contributed by atoms with van der Waals surface area (Å²) in [5.74, 6) is 0.279. The molecule has 1 aromatic rings. The van der Waals surface area contributed by atoms with Crippen LogP contribution in [0.5, 0.6) is 5.75 Å². The number of piperazine rings is 1. The predicted octanol–water partition coefficient (Wildman–Crippen LogP) is 0.766. The zero-order valence-electron chi connectivity index (χ0n) is 19.0. The largest absolute Gasteiger partial charge is 0.497 e. The topological polar surface area (TPSA) is 99.3 Å². The van der Waals surface area contributed by atoms with Gasteiger partial charge < -0.3 is 15.0 Å². The van der Waals surface area contributed by atoms with Crippen molar-refractivity contribution in [3.05, 3.63) is 24.3 Å². The van der Waals surface area contributed by atoms with Crippen LogP contribution < -0.4 is 10.1 Å². The van der Waals surface area contributed by atoms with Gasteiger partial charge in [0.15, 0.2) is 0 Å². The van der Waals surface area contributed by atoms with Crippen molar-refractivity contribution in [2.24, 2.45) is 5.92 Å². The summed E-state index contributed by atoms with van der Waals surface area (Å²) >= 11 is 0. The van der Waals surface area contributed by atoms with Crippen molar-refractivity contribution < 1.29 is 22.7 Å². The highest BCUT2D eigenvalue weighted by atomic mass is 32.2. The van der Waals surface area contributed by atoms with Gasteiger partial charge in [-0.25, -0.2) is 8.42 Å². The maximum absolute atomic E-state index is 13.1. The van der Waals surface area contributed by atoms with Crippen LogP contribution >= 0.6 is 0 Å². The molecular formula is C22H34N4O5S. The fourth-order valence-corrected chi connectivity index (χ4v) is 5.69. The molecule has 2 saturated heterocycles. The van der Waals surface area contributed by atoms with E-state index in [0.29, 0.717) is 64.4 Å². The van der Waals surface area contributed by atoms with Crippen molar-refractivity contribution in [3.8, 4) is 5.75 Å². The van der Waals surface area contributed by atoms with E-state index in [9.17, 15) is 18.0 Å². The number of amides is 2. The fraction of sp³-hybridized carbons (Fsp3) is 0.636. The average molecular weight is 467 g/mol. The van der Waals surface area contributed by atoms with Gasteiger partial charge in [-0.05, 0) is 43.5 Å². The molecule has 9 nitrogen and oxygen atoms in total. The number of nitrogens with zero attached hydrogens (tertiary/aromatic N) is 3. The number of nitrogens with one attached hydrogen (secondary N) is 1. The Labute approximate surface area is 190 Å². The second kappa shape index (κ2) is 11.1. The summed E-state index contributed by atoms with van der Waals surface area (Å²) in [4.78, 5) is 29.1. The number of piperidine rings is 1. The number of carbonyl (C=O) groups excluding carboxylic acids is 2. The van der Waals surface area contributed by atoms with Crippen LogP contribution in [0.15, 0.2) is 29.2 Å². The summed E-state index contributed by atoms with van der Waals surface area (Å²) in [6, 6.07) is 6.33. The molecular weight excluding hydrogens is 432 g/mol. The molecule has 10 heteroatoms. The van der Waals surface area contributed by atoms with Crippen molar-refractivity contribution in [1.82, 2.24) is 19.4 Å². The van der Waals surface area contributed by atoms with E-state index in [0.717, 1.165) is 6.42 Å². The quantitative estimate of drug-likeness (QED) is 0.608. The van der Waals surface area contributed by atoms with Gasteiger partial charge in [0, 0.05) is 45.8 Å². The zero-order valence-corrected chi connectivity index (χ0v) is 19.8. The molecule has 0 aliphatic carbocycles. The second-order valence-corrected chi connectivity index (χ2v) is 10.3. The van der Waals surface area contributed by atoms with Gasteiger partial charge in [-0.2, -0.15) is 4.31 Å². The van der Waals surface area contributed by atoms with E-state index in [1.165, 1.54) is 23.5 Å². The number of carbonyl (C=O) groups is 2. The van der Waals surface area contributed by atoms with Crippen molar-refractivity contribution >= 4 is 21.8 Å². The monoisotopic (exact) mass is 466 g/mol. The van der Waals surface area contributed by atoms with Gasteiger partial charge in [-0.15, -0.1) is 0 Å². The molecule has 2 amide bonds. The number of benzene rings is 1. The van der Waals surface area contributed by atoms with Crippen LogP contribution in [0, 0.1) is 5.92 Å². The van der Waals surface area contributed by atoms with Crippen LogP contribution in [-0.4, -0.2) is 93.8 Å². The van der Waals surface area contributed by atoms with E-state index in [2.05, 4.69) is 10.2 Å². The molecule has 2 heterocycles. The number of ether oxygens (including phenoxy) is 1. The second-order valence-electron chi connectivity index (χ2n) is 8.33. The van der Waals surface area contributed by atoms with Gasteiger partial charge in [-0.3, -0.25) is 14.5 Å². The average Bonchev–Trinajstić information content (AvgIpc) is 2.83. The summed E-state index contributed by atoms with van der Waals surface area (Å²) in [7, 11) is -2.13. The Morgan fingerprint density at radius 2 is 1.78 bits per heavy atom. The van der Waals surface area contributed by atoms with Crippen LogP contribution in [0.2, 0.25) is 0 Å². The summed E-state index contributed by atoms with van der Waals surface area (Å²) in [6.07, 6.45) is 2.25. The standard InChI is InChI=1S/C22H34N4O5S/c1-3-10-23-21(27)17-24-12-14-25(15-13-24)22(28)18-5-4-11-26(16-18)32(29,30)20-8-6-19(31-2)7-9-20/h6-9,18H,3-5,10-17H2,1-2H3,(H,23,27). The lowest BCUT2D eigenvalue weighted by Gasteiger charge is -2.38. The minimum Gasteiger partial charge on any atom is -0.497 e. The molecule has 1 N–H and O–H groups in total. The first-order chi connectivity index (χ1) is 15.3. The highest BCUT2D eigenvalue weighted by Crippen LogP contribution is 2.26. The minimum atomic E-state index is -3.66. The first-order valence-electron chi connectivity index (χ1n) is 11.3. The highest BCUT2D eigenvalue weighted by Gasteiger charge is 2.36. The van der Waals surface area contributed by atoms with Crippen LogP contribution in [0.25, 0.3) is 0 Å². The molecule has 0 radical (unpaired) electrons. The fourth-order valence-electron chi connectivity index (χ4n) is 4.17. The van der Waals surface area contributed by atoms with Crippen molar-refractivity contribution in [1.29, 1.82) is 0 Å². The molecule has 2 aliphatic heterocycles. The summed E-state index contributed by atoms with van der Waals surface area (Å²) in [6.45, 7) is 6.06. The van der Waals surface area contributed by atoms with E-state index >= 15 is 0 Å². The molecule has 0 bridgehead atoms. The number of sulfonamides is 1. The van der Waals surface area contributed by atoms with E-state index in [-0.39, 0.29) is 29.2 Å². The molecule has 0 spiro atoms. The first-order valence-corrected chi connectivity index (χ1v) is 12.7. The first kappa shape index (κ1) is 24.5. The smallest absolute Gasteiger partial charge is 0.243 e. The molecule has 1 unspecified atom stereocenters. The molecule has 32 heavy (non-hydrogen) atoms. The Hall–Kier alpha value is -2.17. The maximum Gasteiger partial charge on any atom is 0.243 e. The third kappa shape index (κ3) is 5.99. The van der Waals surface area contributed by atoms with Gasteiger partial charge >= 0.3 is 0 Å². The number of hydrogen-bond acceptors (Lipinski definition) is 6. The Kier molecular flexibility index (Phi) is 8.50. The van der Waals surface area contributed by atoms with Gasteiger partial charge in [0.25, 0.3) is 0 Å². The minimum absolute atomic E-state index is 0.00900. The summed E-state index contributed by atoms with van der Waals surface area (Å²) < 4.78 is 32.7. The van der Waals surface area contributed by atoms with E-state index < -0.39 is 10.0 Å². The molecule has 2 fully saturated rings. The molecule has 1 aromatic carbocycles. The summed E-state index contributed by atoms with van der Waals surface area (Å²) in [5, 5.41) is 2.87. The lowest BCUT2D eigenvalue weighted by atomic mass is 9.98. The van der Waals surface area contributed by atoms with Crippen LogP contribution in [0.4, 0.5) is 0 Å². The Balaban J connectivity index is 1.55. The SMILES string of the molecule is CCCNC(=O)CN1CCN(C(=O)C2CCCN(S(=O)(=O)c3ccc(OC)cc3)C2)CC1. The van der Waals surface area contributed by atoms with Crippen LogP contribution in [0.1, 0.15) is 26.2 Å². The molecule has 0 saturated carbocycles. The van der Waals surface area contributed by atoms with Crippen molar-refractivity contribution in [3.63, 3.8) is 0 Å². The Bertz CT molecular complexity index is 882. The zero-order chi connectivity index (χ0) is 23.1. The normalized spacial score (nSPS) is 20.7. The van der Waals surface area contributed by atoms with E-state index in [1.54, 1.807) is 12.1 Å². The van der Waals surface area contributed by atoms with Gasteiger partial charge in [0.05, 0.1) is 24.5 Å². The lowest BCUT2D eigenvalue weighted by Crippen LogP contribution is -2.54. The van der Waals surface area contributed by atoms with Crippen molar-refractivity contribution in [2.75, 3.05) is 59.5 Å². The van der Waals surface area contributed by atoms with Gasteiger partial charge in [0.1, 0.15) is 5.75 Å². The third-order valence-electron chi connectivity index (χ3n) is 6.05. The maximum atomic E-state index is 13.1. The highest BCUT2D eigenvalue weighted by molar-refractivity contribution is 7.89. The molecule has 1 atom stereocenters. The van der Waals surface area contributed by atoms with Crippen LogP contribution in [-0.2, 0) is 19.6 Å². The van der Waals surface area contributed by atoms with Crippen LogP contribution in [0.3, 0.4) is 0 Å². The molecule has 2 aliphatic rings. The number of methoxy groups -OCH3 is 1.